The highest BCUT2D eigenvalue weighted by molar-refractivity contribution is 7.98. The number of thioether (sulfide) groups is 1. The lowest BCUT2D eigenvalue weighted by Gasteiger charge is -2.20. The zero-order valence-electron chi connectivity index (χ0n) is 16.5. The van der Waals surface area contributed by atoms with Gasteiger partial charge in [-0.2, -0.15) is 0 Å². The molecule has 0 saturated carbocycles. The fourth-order valence-corrected chi connectivity index (χ4v) is 5.58. The normalized spacial score (nSPS) is 13.8. The minimum absolute atomic E-state index is 0.0439. The second-order valence-corrected chi connectivity index (χ2v) is 9.36. The van der Waals surface area contributed by atoms with Crippen LogP contribution in [0.2, 0.25) is 0 Å². The molecule has 6 nitrogen and oxygen atoms in total. The number of anilines is 1. The molecule has 2 N–H and O–H groups in total. The van der Waals surface area contributed by atoms with E-state index in [1.807, 2.05) is 6.26 Å². The number of rotatable bonds is 7. The molecule has 0 radical (unpaired) electrons. The third-order valence-electron chi connectivity index (χ3n) is 5.21. The Labute approximate surface area is 173 Å². The van der Waals surface area contributed by atoms with Gasteiger partial charge in [0, 0.05) is 17.6 Å². The predicted molar refractivity (Wildman–Crippen MR) is 117 cm³/mol. The van der Waals surface area contributed by atoms with Gasteiger partial charge < -0.3 is 15.1 Å². The minimum Gasteiger partial charge on any atom is -0.395 e. The van der Waals surface area contributed by atoms with Crippen LogP contribution in [0.3, 0.4) is 0 Å². The summed E-state index contributed by atoms with van der Waals surface area (Å²) in [6.07, 6.45) is 6.28. The standard InChI is InChI=1S/C20H26N4O2S2/c1-11(2)9-14-12-5-4-6-13(12)15-16-17(28-19(15)21-14)18(23-20(22-16)27-3)24(10-26)7-8-25/h11,25-26H,4-10H2,1-3H3. The monoisotopic (exact) mass is 418 g/mol. The summed E-state index contributed by atoms with van der Waals surface area (Å²) in [4.78, 5) is 17.3. The summed E-state index contributed by atoms with van der Waals surface area (Å²) in [5.41, 5.74) is 4.99. The molecule has 0 atom stereocenters. The van der Waals surface area contributed by atoms with Crippen molar-refractivity contribution in [2.75, 3.05) is 31.0 Å². The molecule has 4 rings (SSSR count). The number of aromatic nitrogens is 3. The maximum Gasteiger partial charge on any atom is 0.189 e. The molecule has 0 amide bonds. The fourth-order valence-electron chi connectivity index (χ4n) is 4.04. The predicted octanol–water partition coefficient (Wildman–Crippen LogP) is 3.40. The quantitative estimate of drug-likeness (QED) is 0.346. The van der Waals surface area contributed by atoms with E-state index in [4.69, 9.17) is 9.97 Å². The Hall–Kier alpha value is -1.48. The first-order chi connectivity index (χ1) is 13.6. The number of aliphatic hydroxyl groups excluding tert-OH is 2. The molecule has 3 aromatic heterocycles. The highest BCUT2D eigenvalue weighted by Crippen LogP contribution is 2.43. The second-order valence-electron chi connectivity index (χ2n) is 7.59. The van der Waals surface area contributed by atoms with E-state index in [1.165, 1.54) is 40.4 Å². The van der Waals surface area contributed by atoms with Crippen LogP contribution in [-0.2, 0) is 19.3 Å². The van der Waals surface area contributed by atoms with Crippen LogP contribution in [0, 0.1) is 5.92 Å². The average Bonchev–Trinajstić information content (AvgIpc) is 3.29. The Bertz CT molecular complexity index is 1020. The Morgan fingerprint density at radius 1 is 1.14 bits per heavy atom. The van der Waals surface area contributed by atoms with Crippen LogP contribution in [0.4, 0.5) is 5.82 Å². The lowest BCUT2D eigenvalue weighted by Crippen LogP contribution is -2.28. The average molecular weight is 419 g/mol. The van der Waals surface area contributed by atoms with Crippen LogP contribution >= 0.6 is 23.1 Å². The number of aryl methyl sites for hydroxylation is 1. The van der Waals surface area contributed by atoms with Crippen LogP contribution in [0.15, 0.2) is 5.16 Å². The van der Waals surface area contributed by atoms with Gasteiger partial charge in [0.15, 0.2) is 11.0 Å². The van der Waals surface area contributed by atoms with Gasteiger partial charge in [-0.15, -0.1) is 11.3 Å². The number of thiophene rings is 1. The van der Waals surface area contributed by atoms with E-state index in [-0.39, 0.29) is 13.3 Å². The number of nitrogens with zero attached hydrogens (tertiary/aromatic N) is 4. The van der Waals surface area contributed by atoms with Crippen molar-refractivity contribution < 1.29 is 10.2 Å². The third-order valence-corrected chi connectivity index (χ3v) is 6.82. The van der Waals surface area contributed by atoms with E-state index in [0.717, 1.165) is 34.3 Å². The highest BCUT2D eigenvalue weighted by atomic mass is 32.2. The van der Waals surface area contributed by atoms with Gasteiger partial charge >= 0.3 is 0 Å². The molecule has 3 aromatic rings. The topological polar surface area (TPSA) is 82.4 Å². The molecule has 1 aliphatic carbocycles. The molecule has 0 unspecified atom stereocenters. The van der Waals surface area contributed by atoms with Crippen molar-refractivity contribution >= 4 is 49.3 Å². The first-order valence-electron chi connectivity index (χ1n) is 9.72. The molecule has 0 aromatic carbocycles. The van der Waals surface area contributed by atoms with Crippen molar-refractivity contribution in [3.05, 3.63) is 16.8 Å². The van der Waals surface area contributed by atoms with Crippen molar-refractivity contribution in [2.45, 2.75) is 44.7 Å². The van der Waals surface area contributed by atoms with Gasteiger partial charge in [0.25, 0.3) is 0 Å². The zero-order chi connectivity index (χ0) is 19.8. The number of hydrogen-bond acceptors (Lipinski definition) is 8. The summed E-state index contributed by atoms with van der Waals surface area (Å²) in [6.45, 7) is 4.56. The van der Waals surface area contributed by atoms with Gasteiger partial charge in [-0.05, 0) is 49.0 Å². The van der Waals surface area contributed by atoms with Crippen molar-refractivity contribution in [3.8, 4) is 0 Å². The Morgan fingerprint density at radius 3 is 2.61 bits per heavy atom. The lowest BCUT2D eigenvalue weighted by atomic mass is 9.99. The van der Waals surface area contributed by atoms with Gasteiger partial charge in [-0.3, -0.25) is 0 Å². The van der Waals surface area contributed by atoms with E-state index in [1.54, 1.807) is 16.2 Å². The summed E-state index contributed by atoms with van der Waals surface area (Å²) in [6, 6.07) is 0. The molecular formula is C20H26N4O2S2. The van der Waals surface area contributed by atoms with Crippen LogP contribution < -0.4 is 4.90 Å². The summed E-state index contributed by atoms with van der Waals surface area (Å²) < 4.78 is 0.943. The fraction of sp³-hybridized carbons (Fsp3) is 0.550. The first-order valence-corrected chi connectivity index (χ1v) is 11.8. The van der Waals surface area contributed by atoms with E-state index < -0.39 is 0 Å². The number of fused-ring (bicyclic) bond motifs is 5. The molecule has 1 aliphatic rings. The summed E-state index contributed by atoms with van der Waals surface area (Å²) in [5.74, 6) is 1.25. The molecule has 0 saturated heterocycles. The second kappa shape index (κ2) is 8.10. The Morgan fingerprint density at radius 2 is 1.93 bits per heavy atom. The van der Waals surface area contributed by atoms with E-state index >= 15 is 0 Å². The number of aliphatic hydroxyl groups is 2. The molecule has 8 heteroatoms. The molecule has 28 heavy (non-hydrogen) atoms. The van der Waals surface area contributed by atoms with Gasteiger partial charge in [-0.25, -0.2) is 15.0 Å². The molecule has 0 bridgehead atoms. The molecule has 3 heterocycles. The molecular weight excluding hydrogens is 392 g/mol. The Balaban J connectivity index is 2.02. The minimum atomic E-state index is -0.196. The summed E-state index contributed by atoms with van der Waals surface area (Å²) in [7, 11) is 0. The maximum atomic E-state index is 9.84. The van der Waals surface area contributed by atoms with Crippen LogP contribution in [0.1, 0.15) is 37.1 Å². The smallest absolute Gasteiger partial charge is 0.189 e. The maximum absolute atomic E-state index is 9.84. The van der Waals surface area contributed by atoms with Crippen molar-refractivity contribution in [3.63, 3.8) is 0 Å². The summed E-state index contributed by atoms with van der Waals surface area (Å²) in [5, 5.41) is 21.1. The van der Waals surface area contributed by atoms with Gasteiger partial charge in [0.2, 0.25) is 0 Å². The third kappa shape index (κ3) is 3.36. The molecule has 0 spiro atoms. The lowest BCUT2D eigenvalue weighted by molar-refractivity contribution is 0.257. The van der Waals surface area contributed by atoms with Crippen LogP contribution in [0.5, 0.6) is 0 Å². The van der Waals surface area contributed by atoms with Gasteiger partial charge in [0.1, 0.15) is 11.6 Å². The van der Waals surface area contributed by atoms with Crippen LogP contribution in [-0.4, -0.2) is 51.3 Å². The molecule has 0 fully saturated rings. The van der Waals surface area contributed by atoms with Gasteiger partial charge in [-0.1, -0.05) is 25.6 Å². The highest BCUT2D eigenvalue weighted by Gasteiger charge is 2.26. The van der Waals surface area contributed by atoms with Crippen LogP contribution in [0.25, 0.3) is 20.4 Å². The number of hydrogen-bond donors (Lipinski definition) is 2. The summed E-state index contributed by atoms with van der Waals surface area (Å²) >= 11 is 3.10. The SMILES string of the molecule is CSc1nc(N(CO)CCO)c2sc3nc(CC(C)C)c4c(c3c2n1)CCC4. The molecule has 0 aliphatic heterocycles. The van der Waals surface area contributed by atoms with E-state index in [0.29, 0.717) is 23.4 Å². The zero-order valence-corrected chi connectivity index (χ0v) is 18.2. The van der Waals surface area contributed by atoms with Crippen molar-refractivity contribution in [2.24, 2.45) is 5.92 Å². The molecule has 150 valence electrons. The van der Waals surface area contributed by atoms with Crippen molar-refractivity contribution in [1.29, 1.82) is 0 Å². The van der Waals surface area contributed by atoms with Crippen molar-refractivity contribution in [1.82, 2.24) is 15.0 Å². The number of pyridine rings is 1. The first kappa shape index (κ1) is 19.8. The van der Waals surface area contributed by atoms with E-state index in [9.17, 15) is 10.2 Å². The Kier molecular flexibility index (Phi) is 5.73. The van der Waals surface area contributed by atoms with E-state index in [2.05, 4.69) is 18.8 Å². The van der Waals surface area contributed by atoms with Gasteiger partial charge in [0.05, 0.1) is 16.8 Å². The largest absolute Gasteiger partial charge is 0.395 e.